The highest BCUT2D eigenvalue weighted by atomic mass is 35.5. The maximum atomic E-state index is 13.5. The number of nitrogens with one attached hydrogen (secondary N) is 1. The molecule has 1 fully saturated rings. The van der Waals surface area contributed by atoms with Gasteiger partial charge in [0.25, 0.3) is 5.91 Å². The van der Waals surface area contributed by atoms with Crippen molar-refractivity contribution < 1.29 is 4.79 Å². The standard InChI is InChI=1S/C25H29N3O.2ClH/c1-17-8-9-20(18(2)14-17)24-15-22(21-6-4-5-7-23(21)27-24)25(29)28-12-10-19(11-13-28)16-26-3;;/h4-9,14-15,19,26H,10-13,16H2,1-3H3;2*1H. The van der Waals surface area contributed by atoms with Crippen molar-refractivity contribution in [3.8, 4) is 11.3 Å². The van der Waals surface area contributed by atoms with Gasteiger partial charge < -0.3 is 10.2 Å². The molecule has 1 aliphatic rings. The molecular weight excluding hydrogens is 429 g/mol. The van der Waals surface area contributed by atoms with Crippen LogP contribution in [0, 0.1) is 19.8 Å². The van der Waals surface area contributed by atoms with Crippen LogP contribution in [0.5, 0.6) is 0 Å². The lowest BCUT2D eigenvalue weighted by Crippen LogP contribution is -2.40. The van der Waals surface area contributed by atoms with Gasteiger partial charge in [-0.3, -0.25) is 4.79 Å². The topological polar surface area (TPSA) is 45.2 Å². The molecule has 2 aromatic carbocycles. The summed E-state index contributed by atoms with van der Waals surface area (Å²) in [5, 5.41) is 4.19. The summed E-state index contributed by atoms with van der Waals surface area (Å²) in [5.74, 6) is 0.779. The Bertz CT molecular complexity index is 1050. The van der Waals surface area contributed by atoms with Gasteiger partial charge in [-0.1, -0.05) is 42.0 Å². The van der Waals surface area contributed by atoms with Crippen molar-refractivity contribution >= 4 is 41.6 Å². The summed E-state index contributed by atoms with van der Waals surface area (Å²) in [6.45, 7) is 6.86. The van der Waals surface area contributed by atoms with Gasteiger partial charge in [0.1, 0.15) is 0 Å². The second-order valence-electron chi connectivity index (χ2n) is 8.18. The number of carbonyl (C=O) groups is 1. The van der Waals surface area contributed by atoms with Gasteiger partial charge in [-0.2, -0.15) is 0 Å². The number of carbonyl (C=O) groups excluding carboxylic acids is 1. The molecule has 31 heavy (non-hydrogen) atoms. The monoisotopic (exact) mass is 459 g/mol. The fourth-order valence-electron chi connectivity index (χ4n) is 4.39. The first-order valence-electron chi connectivity index (χ1n) is 10.5. The normalized spacial score (nSPS) is 14.1. The molecule has 3 aromatic rings. The van der Waals surface area contributed by atoms with Gasteiger partial charge in [0.05, 0.1) is 16.8 Å². The lowest BCUT2D eigenvalue weighted by Gasteiger charge is -2.32. The Kier molecular flexibility index (Phi) is 8.87. The molecule has 1 amide bonds. The zero-order valence-electron chi connectivity index (χ0n) is 18.4. The van der Waals surface area contributed by atoms with E-state index >= 15 is 0 Å². The molecule has 1 saturated heterocycles. The number of para-hydroxylation sites is 1. The molecule has 0 spiro atoms. The smallest absolute Gasteiger partial charge is 0.254 e. The van der Waals surface area contributed by atoms with Crippen LogP contribution in [0.15, 0.2) is 48.5 Å². The Morgan fingerprint density at radius 2 is 1.77 bits per heavy atom. The second-order valence-corrected chi connectivity index (χ2v) is 8.18. The first kappa shape index (κ1) is 25.1. The van der Waals surface area contributed by atoms with E-state index in [0.717, 1.165) is 60.2 Å². The van der Waals surface area contributed by atoms with Gasteiger partial charge in [0.15, 0.2) is 0 Å². The lowest BCUT2D eigenvalue weighted by molar-refractivity contribution is 0.0693. The minimum atomic E-state index is 0. The van der Waals surface area contributed by atoms with Crippen LogP contribution >= 0.6 is 24.8 Å². The maximum absolute atomic E-state index is 13.5. The summed E-state index contributed by atoms with van der Waals surface area (Å²) in [6, 6.07) is 16.3. The van der Waals surface area contributed by atoms with Crippen LogP contribution in [0.1, 0.15) is 34.3 Å². The molecule has 0 radical (unpaired) electrons. The Balaban J connectivity index is 0.00000171. The third kappa shape index (κ3) is 5.38. The van der Waals surface area contributed by atoms with Gasteiger partial charge in [0, 0.05) is 24.0 Å². The number of halogens is 2. The predicted molar refractivity (Wildman–Crippen MR) is 134 cm³/mol. The molecule has 6 heteroatoms. The Hall–Kier alpha value is -2.14. The summed E-state index contributed by atoms with van der Waals surface area (Å²) in [6.07, 6.45) is 2.11. The van der Waals surface area contributed by atoms with Crippen molar-refractivity contribution in [3.63, 3.8) is 0 Å². The third-order valence-corrected chi connectivity index (χ3v) is 6.00. The molecule has 166 valence electrons. The van der Waals surface area contributed by atoms with E-state index in [1.165, 1.54) is 11.1 Å². The average Bonchev–Trinajstić information content (AvgIpc) is 2.73. The van der Waals surface area contributed by atoms with Crippen LogP contribution in [-0.4, -0.2) is 42.5 Å². The van der Waals surface area contributed by atoms with E-state index in [4.69, 9.17) is 4.98 Å². The highest BCUT2D eigenvalue weighted by Gasteiger charge is 2.25. The predicted octanol–water partition coefficient (Wildman–Crippen LogP) is 5.43. The lowest BCUT2D eigenvalue weighted by atomic mass is 9.95. The number of likely N-dealkylation sites (tertiary alicyclic amines) is 1. The number of nitrogens with zero attached hydrogens (tertiary/aromatic N) is 2. The molecule has 1 N–H and O–H groups in total. The summed E-state index contributed by atoms with van der Waals surface area (Å²) < 4.78 is 0. The largest absolute Gasteiger partial charge is 0.339 e. The van der Waals surface area contributed by atoms with Crippen LogP contribution in [0.2, 0.25) is 0 Å². The van der Waals surface area contributed by atoms with Crippen molar-refractivity contribution in [1.29, 1.82) is 0 Å². The van der Waals surface area contributed by atoms with Crippen molar-refractivity contribution in [2.45, 2.75) is 26.7 Å². The van der Waals surface area contributed by atoms with Crippen LogP contribution in [0.4, 0.5) is 0 Å². The van der Waals surface area contributed by atoms with E-state index in [9.17, 15) is 4.79 Å². The van der Waals surface area contributed by atoms with E-state index in [1.807, 2.05) is 42.3 Å². The number of rotatable bonds is 4. The molecule has 1 aliphatic heterocycles. The van der Waals surface area contributed by atoms with Crippen molar-refractivity contribution in [2.75, 3.05) is 26.7 Å². The maximum Gasteiger partial charge on any atom is 0.254 e. The van der Waals surface area contributed by atoms with E-state index in [0.29, 0.717) is 5.92 Å². The minimum Gasteiger partial charge on any atom is -0.339 e. The van der Waals surface area contributed by atoms with Crippen LogP contribution in [0.25, 0.3) is 22.2 Å². The minimum absolute atomic E-state index is 0. The molecular formula is C25H31Cl2N3O. The van der Waals surface area contributed by atoms with Gasteiger partial charge in [-0.25, -0.2) is 4.98 Å². The van der Waals surface area contributed by atoms with Crippen molar-refractivity contribution in [1.82, 2.24) is 15.2 Å². The summed E-state index contributed by atoms with van der Waals surface area (Å²) in [4.78, 5) is 20.4. The van der Waals surface area contributed by atoms with Gasteiger partial charge in [-0.05, 0) is 63.9 Å². The molecule has 0 saturated carbocycles. The van der Waals surface area contributed by atoms with Gasteiger partial charge in [-0.15, -0.1) is 24.8 Å². The SMILES string of the molecule is CNCC1CCN(C(=O)c2cc(-c3ccc(C)cc3C)nc3ccccc23)CC1.Cl.Cl. The zero-order valence-corrected chi connectivity index (χ0v) is 20.0. The molecule has 0 bridgehead atoms. The Morgan fingerprint density at radius 1 is 1.06 bits per heavy atom. The van der Waals surface area contributed by atoms with Crippen molar-refractivity contribution in [2.24, 2.45) is 5.92 Å². The Morgan fingerprint density at radius 3 is 2.45 bits per heavy atom. The van der Waals surface area contributed by atoms with Gasteiger partial charge >= 0.3 is 0 Å². The molecule has 0 unspecified atom stereocenters. The third-order valence-electron chi connectivity index (χ3n) is 6.00. The molecule has 4 nitrogen and oxygen atoms in total. The number of aromatic nitrogens is 1. The van der Waals surface area contributed by atoms with E-state index in [1.54, 1.807) is 0 Å². The van der Waals surface area contributed by atoms with E-state index < -0.39 is 0 Å². The fourth-order valence-corrected chi connectivity index (χ4v) is 4.39. The second kappa shape index (κ2) is 10.9. The van der Waals surface area contributed by atoms with Crippen LogP contribution in [-0.2, 0) is 0 Å². The molecule has 2 heterocycles. The first-order valence-corrected chi connectivity index (χ1v) is 10.5. The number of pyridine rings is 1. The number of fused-ring (bicyclic) bond motifs is 1. The van der Waals surface area contributed by atoms with E-state index in [2.05, 4.69) is 37.4 Å². The zero-order chi connectivity index (χ0) is 20.4. The number of hydrogen-bond donors (Lipinski definition) is 1. The fraction of sp³-hybridized carbons (Fsp3) is 0.360. The molecule has 0 atom stereocenters. The quantitative estimate of drug-likeness (QED) is 0.565. The summed E-state index contributed by atoms with van der Waals surface area (Å²) >= 11 is 0. The molecule has 0 aliphatic carbocycles. The van der Waals surface area contributed by atoms with Crippen molar-refractivity contribution in [3.05, 3.63) is 65.2 Å². The van der Waals surface area contributed by atoms with Crippen LogP contribution in [0.3, 0.4) is 0 Å². The molecule has 1 aromatic heterocycles. The number of benzene rings is 2. The summed E-state index contributed by atoms with van der Waals surface area (Å²) in [5.41, 5.74) is 6.00. The van der Waals surface area contributed by atoms with Gasteiger partial charge in [0.2, 0.25) is 0 Å². The van der Waals surface area contributed by atoms with Crippen LogP contribution < -0.4 is 5.32 Å². The first-order chi connectivity index (χ1) is 14.1. The number of piperidine rings is 1. The van der Waals surface area contributed by atoms with E-state index in [-0.39, 0.29) is 30.7 Å². The number of hydrogen-bond acceptors (Lipinski definition) is 3. The average molecular weight is 460 g/mol. The highest BCUT2D eigenvalue weighted by molar-refractivity contribution is 6.07. The summed E-state index contributed by atoms with van der Waals surface area (Å²) in [7, 11) is 2.00. The Labute approximate surface area is 197 Å². The highest BCUT2D eigenvalue weighted by Crippen LogP contribution is 2.29. The number of amides is 1. The number of aryl methyl sites for hydroxylation is 2. The molecule has 4 rings (SSSR count).